The molecule has 0 radical (unpaired) electrons. The molecule has 2 atom stereocenters. The molecule has 4 nitrogen and oxygen atoms in total. The Hall–Kier alpha value is -1.39. The molecule has 2 aliphatic rings. The van der Waals surface area contributed by atoms with E-state index in [1.807, 2.05) is 6.92 Å². The quantitative estimate of drug-likeness (QED) is 0.912. The average Bonchev–Trinajstić information content (AvgIpc) is 2.61. The lowest BCUT2D eigenvalue weighted by molar-refractivity contribution is -0.170. The summed E-state index contributed by atoms with van der Waals surface area (Å²) >= 11 is 5.95. The molecule has 20 heavy (non-hydrogen) atoms. The molecular weight excluding hydrogens is 278 g/mol. The number of rotatable bonds is 2. The first kappa shape index (κ1) is 13.6. The topological polar surface area (TPSA) is 55.4 Å². The van der Waals surface area contributed by atoms with Crippen LogP contribution in [0.4, 0.5) is 5.69 Å². The van der Waals surface area contributed by atoms with Crippen LogP contribution in [0.15, 0.2) is 18.2 Å². The summed E-state index contributed by atoms with van der Waals surface area (Å²) < 4.78 is 6.05. The maximum absolute atomic E-state index is 12.4. The second-order valence-electron chi connectivity index (χ2n) is 5.42. The molecule has 0 aliphatic carbocycles. The van der Waals surface area contributed by atoms with E-state index >= 15 is 0 Å². The van der Waals surface area contributed by atoms with Crippen LogP contribution in [0.3, 0.4) is 0 Å². The molecule has 1 fully saturated rings. The number of Topliss-reactive ketones (excluding diaryl/α,β-unsaturated/α-hetero) is 1. The van der Waals surface area contributed by atoms with Crippen molar-refractivity contribution in [3.63, 3.8) is 0 Å². The minimum atomic E-state index is -1.16. The number of halogens is 1. The fraction of sp³-hybridized carbons (Fsp3) is 0.467. The van der Waals surface area contributed by atoms with Crippen LogP contribution in [0.1, 0.15) is 38.2 Å². The molecule has 2 heterocycles. The summed E-state index contributed by atoms with van der Waals surface area (Å²) in [7, 11) is 0. The predicted octanol–water partition coefficient (Wildman–Crippen LogP) is 3.04. The summed E-state index contributed by atoms with van der Waals surface area (Å²) in [6, 6.07) is 5.19. The van der Waals surface area contributed by atoms with Crippen molar-refractivity contribution in [1.29, 1.82) is 0 Å². The first-order chi connectivity index (χ1) is 9.55. The molecule has 1 saturated heterocycles. The van der Waals surface area contributed by atoms with E-state index in [9.17, 15) is 9.59 Å². The lowest BCUT2D eigenvalue weighted by atomic mass is 9.84. The number of nitrogens with one attached hydrogen (secondary N) is 1. The highest BCUT2D eigenvalue weighted by molar-refractivity contribution is 6.31. The van der Waals surface area contributed by atoms with E-state index in [0.717, 1.165) is 18.4 Å². The Balaban J connectivity index is 2.03. The molecule has 3 rings (SSSR count). The van der Waals surface area contributed by atoms with Crippen LogP contribution in [0.2, 0.25) is 5.02 Å². The molecule has 1 aromatic rings. The fourth-order valence-electron chi connectivity index (χ4n) is 3.06. The zero-order valence-electron chi connectivity index (χ0n) is 11.2. The molecule has 0 saturated carbocycles. The summed E-state index contributed by atoms with van der Waals surface area (Å²) in [4.78, 5) is 24.4. The maximum Gasteiger partial charge on any atom is 0.261 e. The van der Waals surface area contributed by atoms with Gasteiger partial charge in [-0.25, -0.2) is 0 Å². The van der Waals surface area contributed by atoms with E-state index in [1.54, 1.807) is 18.2 Å². The van der Waals surface area contributed by atoms with E-state index in [0.29, 0.717) is 17.1 Å². The number of fused-ring (bicyclic) bond motifs is 2. The van der Waals surface area contributed by atoms with Gasteiger partial charge in [-0.15, -0.1) is 0 Å². The Morgan fingerprint density at radius 3 is 3.00 bits per heavy atom. The molecule has 1 spiro atoms. The molecule has 5 heteroatoms. The van der Waals surface area contributed by atoms with Crippen LogP contribution >= 0.6 is 11.6 Å². The minimum Gasteiger partial charge on any atom is -0.356 e. The Morgan fingerprint density at radius 2 is 2.25 bits per heavy atom. The Bertz CT molecular complexity index is 586. The summed E-state index contributed by atoms with van der Waals surface area (Å²) in [6.45, 7) is 2.04. The number of carbonyl (C=O) groups excluding carboxylic acids is 2. The van der Waals surface area contributed by atoms with Crippen molar-refractivity contribution in [3.05, 3.63) is 28.8 Å². The molecule has 106 valence electrons. The molecule has 2 aliphatic heterocycles. The van der Waals surface area contributed by atoms with E-state index in [2.05, 4.69) is 5.32 Å². The highest BCUT2D eigenvalue weighted by Crippen LogP contribution is 2.46. The summed E-state index contributed by atoms with van der Waals surface area (Å²) in [5, 5.41) is 3.33. The summed E-state index contributed by atoms with van der Waals surface area (Å²) in [5.41, 5.74) is 0.211. The van der Waals surface area contributed by atoms with Gasteiger partial charge in [0.05, 0.1) is 6.10 Å². The second kappa shape index (κ2) is 4.86. The Labute approximate surface area is 122 Å². The molecule has 1 amide bonds. The van der Waals surface area contributed by atoms with E-state index in [-0.39, 0.29) is 24.2 Å². The van der Waals surface area contributed by atoms with Gasteiger partial charge in [0.15, 0.2) is 5.60 Å². The molecule has 0 bridgehead atoms. The van der Waals surface area contributed by atoms with Crippen molar-refractivity contribution in [2.75, 3.05) is 5.32 Å². The van der Waals surface area contributed by atoms with Crippen molar-refractivity contribution >= 4 is 29.0 Å². The standard InChI is InChI=1S/C15H16ClNO3/c1-2-3-11-7-10(18)8-15(20-11)12-5-4-9(16)6-13(12)17-14(15)19/h4-6,11H,2-3,7-8H2,1H3,(H,17,19)/t11-,15-/m1/s1. The van der Waals surface area contributed by atoms with Crippen LogP contribution in [0, 0.1) is 0 Å². The number of ketones is 1. The third-order valence-electron chi connectivity index (χ3n) is 3.91. The average molecular weight is 294 g/mol. The van der Waals surface area contributed by atoms with E-state index in [1.165, 1.54) is 0 Å². The van der Waals surface area contributed by atoms with Crippen LogP contribution in [-0.2, 0) is 19.9 Å². The largest absolute Gasteiger partial charge is 0.356 e. The number of benzene rings is 1. The normalized spacial score (nSPS) is 28.6. The van der Waals surface area contributed by atoms with Crippen molar-refractivity contribution in [1.82, 2.24) is 0 Å². The predicted molar refractivity (Wildman–Crippen MR) is 75.8 cm³/mol. The van der Waals surface area contributed by atoms with Gasteiger partial charge in [-0.1, -0.05) is 31.0 Å². The SMILES string of the molecule is CCC[C@@H]1CC(=O)C[C@]2(O1)C(=O)Nc1cc(Cl)ccc12. The van der Waals surface area contributed by atoms with Gasteiger partial charge in [0.25, 0.3) is 5.91 Å². The second-order valence-corrected chi connectivity index (χ2v) is 5.86. The number of anilines is 1. The first-order valence-electron chi connectivity index (χ1n) is 6.86. The van der Waals surface area contributed by atoms with Gasteiger partial charge in [0.2, 0.25) is 0 Å². The Morgan fingerprint density at radius 1 is 1.45 bits per heavy atom. The molecule has 1 N–H and O–H groups in total. The van der Waals surface area contributed by atoms with Gasteiger partial charge < -0.3 is 10.1 Å². The first-order valence-corrected chi connectivity index (χ1v) is 7.24. The maximum atomic E-state index is 12.4. The lowest BCUT2D eigenvalue weighted by Crippen LogP contribution is -2.47. The minimum absolute atomic E-state index is 0.0765. The highest BCUT2D eigenvalue weighted by Gasteiger charge is 2.53. The van der Waals surface area contributed by atoms with Gasteiger partial charge in [-0.3, -0.25) is 9.59 Å². The van der Waals surface area contributed by atoms with Gasteiger partial charge in [0.1, 0.15) is 5.78 Å². The van der Waals surface area contributed by atoms with Gasteiger partial charge in [-0.2, -0.15) is 0 Å². The lowest BCUT2D eigenvalue weighted by Gasteiger charge is -2.36. The molecule has 1 aromatic carbocycles. The van der Waals surface area contributed by atoms with Crippen LogP contribution < -0.4 is 5.32 Å². The van der Waals surface area contributed by atoms with Crippen LogP contribution in [0.5, 0.6) is 0 Å². The number of carbonyl (C=O) groups is 2. The number of hydrogen-bond donors (Lipinski definition) is 1. The Kier molecular flexibility index (Phi) is 3.30. The van der Waals surface area contributed by atoms with Crippen molar-refractivity contribution in [3.8, 4) is 0 Å². The smallest absolute Gasteiger partial charge is 0.261 e. The van der Waals surface area contributed by atoms with Crippen molar-refractivity contribution < 1.29 is 14.3 Å². The van der Waals surface area contributed by atoms with Gasteiger partial charge in [-0.05, 0) is 18.6 Å². The number of hydrogen-bond acceptors (Lipinski definition) is 3. The highest BCUT2D eigenvalue weighted by atomic mass is 35.5. The third kappa shape index (κ3) is 2.03. The van der Waals surface area contributed by atoms with Gasteiger partial charge >= 0.3 is 0 Å². The summed E-state index contributed by atoms with van der Waals surface area (Å²) in [5.74, 6) is -0.184. The van der Waals surface area contributed by atoms with E-state index in [4.69, 9.17) is 16.3 Å². The molecule has 0 aromatic heterocycles. The monoisotopic (exact) mass is 293 g/mol. The van der Waals surface area contributed by atoms with Crippen molar-refractivity contribution in [2.24, 2.45) is 0 Å². The fourth-order valence-corrected chi connectivity index (χ4v) is 3.24. The number of ether oxygens (including phenoxy) is 1. The van der Waals surface area contributed by atoms with Gasteiger partial charge in [0, 0.05) is 29.1 Å². The van der Waals surface area contributed by atoms with Crippen LogP contribution in [-0.4, -0.2) is 17.8 Å². The molecular formula is C15H16ClNO3. The molecule has 0 unspecified atom stereocenters. The van der Waals surface area contributed by atoms with E-state index < -0.39 is 5.60 Å². The van der Waals surface area contributed by atoms with Crippen LogP contribution in [0.25, 0.3) is 0 Å². The summed E-state index contributed by atoms with van der Waals surface area (Å²) in [6.07, 6.45) is 2.01. The van der Waals surface area contributed by atoms with Crippen molar-refractivity contribution in [2.45, 2.75) is 44.3 Å². The zero-order chi connectivity index (χ0) is 14.3. The third-order valence-corrected chi connectivity index (χ3v) is 4.15. The zero-order valence-corrected chi connectivity index (χ0v) is 12.0. The number of amides is 1.